The van der Waals surface area contributed by atoms with E-state index in [0.29, 0.717) is 11.8 Å². The van der Waals surface area contributed by atoms with Gasteiger partial charge < -0.3 is 9.80 Å². The second kappa shape index (κ2) is 12.5. The molecule has 0 radical (unpaired) electrons. The van der Waals surface area contributed by atoms with Crippen molar-refractivity contribution in [3.8, 4) is 0 Å². The minimum atomic E-state index is 0.102. The second-order valence-corrected chi connectivity index (χ2v) is 20.4. The predicted octanol–water partition coefficient (Wildman–Crippen LogP) is 12.5. The molecule has 10 rings (SSSR count). The number of aryl methyl sites for hydroxylation is 3. The van der Waals surface area contributed by atoms with Gasteiger partial charge in [0.1, 0.15) is 0 Å². The highest BCUT2D eigenvalue weighted by atomic mass is 32.1. The van der Waals surface area contributed by atoms with Crippen LogP contribution in [0.25, 0.3) is 10.1 Å². The molecule has 0 saturated carbocycles. The van der Waals surface area contributed by atoms with Gasteiger partial charge in [0.05, 0.1) is 5.69 Å². The fourth-order valence-corrected chi connectivity index (χ4v) is 12.3. The van der Waals surface area contributed by atoms with Crippen molar-refractivity contribution in [3.05, 3.63) is 147 Å². The monoisotopic (exact) mass is 750 g/mol. The van der Waals surface area contributed by atoms with Gasteiger partial charge in [0.2, 0.25) is 0 Å². The summed E-state index contributed by atoms with van der Waals surface area (Å²) in [5, 5.41) is 1.40. The summed E-state index contributed by atoms with van der Waals surface area (Å²) < 4.78 is 2.89. The molecule has 2 nitrogen and oxygen atoms in total. The number of rotatable bonds is 3. The van der Waals surface area contributed by atoms with E-state index in [9.17, 15) is 0 Å². The smallest absolute Gasteiger partial charge is 0.264 e. The van der Waals surface area contributed by atoms with E-state index in [1.807, 2.05) is 11.3 Å². The van der Waals surface area contributed by atoms with E-state index in [1.165, 1.54) is 112 Å². The van der Waals surface area contributed by atoms with Gasteiger partial charge in [-0.15, -0.1) is 11.3 Å². The molecule has 5 aromatic rings. The van der Waals surface area contributed by atoms with Crippen LogP contribution in [-0.4, -0.2) is 6.71 Å². The molecule has 2 unspecified atom stereocenters. The van der Waals surface area contributed by atoms with Crippen molar-refractivity contribution < 1.29 is 0 Å². The van der Waals surface area contributed by atoms with Gasteiger partial charge in [0.15, 0.2) is 0 Å². The van der Waals surface area contributed by atoms with Crippen LogP contribution in [0.3, 0.4) is 0 Å². The molecule has 4 aromatic carbocycles. The van der Waals surface area contributed by atoms with Gasteiger partial charge in [0, 0.05) is 49.2 Å². The Labute approximate surface area is 339 Å². The van der Waals surface area contributed by atoms with Crippen molar-refractivity contribution in [3.63, 3.8) is 0 Å². The van der Waals surface area contributed by atoms with E-state index < -0.39 is 0 Å². The molecular formula is C52H55BN2S. The first-order chi connectivity index (χ1) is 26.7. The first kappa shape index (κ1) is 35.8. The van der Waals surface area contributed by atoms with Crippen LogP contribution in [0.4, 0.5) is 22.7 Å². The number of allylic oxidation sites excluding steroid dienone is 7. The quantitative estimate of drug-likeness (QED) is 0.169. The highest BCUT2D eigenvalue weighted by Crippen LogP contribution is 2.52. The molecule has 2 aliphatic heterocycles. The van der Waals surface area contributed by atoms with E-state index in [0.717, 1.165) is 12.8 Å². The van der Waals surface area contributed by atoms with Gasteiger partial charge in [0.25, 0.3) is 6.71 Å². The summed E-state index contributed by atoms with van der Waals surface area (Å²) in [5.41, 5.74) is 22.7. The van der Waals surface area contributed by atoms with Gasteiger partial charge >= 0.3 is 0 Å². The highest BCUT2D eigenvalue weighted by Gasteiger charge is 2.48. The van der Waals surface area contributed by atoms with Crippen molar-refractivity contribution in [1.82, 2.24) is 0 Å². The Hall–Kier alpha value is -4.54. The third kappa shape index (κ3) is 5.34. The summed E-state index contributed by atoms with van der Waals surface area (Å²) in [6.07, 6.45) is 14.3. The maximum Gasteiger partial charge on any atom is 0.264 e. The number of nitrogens with zero attached hydrogens (tertiary/aromatic N) is 2. The normalized spacial score (nSPS) is 21.7. The van der Waals surface area contributed by atoms with E-state index >= 15 is 0 Å². The molecular weight excluding hydrogens is 695 g/mol. The Morgan fingerprint density at radius 3 is 2.12 bits per heavy atom. The third-order valence-electron chi connectivity index (χ3n) is 14.1. The Balaban J connectivity index is 1.30. The number of fused-ring (bicyclic) bond motifs is 7. The largest absolute Gasteiger partial charge is 0.314 e. The van der Waals surface area contributed by atoms with Gasteiger partial charge in [-0.05, 0) is 169 Å². The van der Waals surface area contributed by atoms with Crippen LogP contribution >= 0.6 is 11.3 Å². The molecule has 5 aliphatic rings. The Morgan fingerprint density at radius 1 is 0.750 bits per heavy atom. The Kier molecular flexibility index (Phi) is 7.99. The molecule has 282 valence electrons. The van der Waals surface area contributed by atoms with E-state index in [2.05, 4.69) is 170 Å². The average Bonchev–Trinajstić information content (AvgIpc) is 3.50. The highest BCUT2D eigenvalue weighted by molar-refractivity contribution is 7.33. The minimum Gasteiger partial charge on any atom is -0.314 e. The Morgan fingerprint density at radius 2 is 1.43 bits per heavy atom. The summed E-state index contributed by atoms with van der Waals surface area (Å²) in [6, 6.07) is 26.4. The molecule has 3 aliphatic carbocycles. The summed E-state index contributed by atoms with van der Waals surface area (Å²) in [4.78, 5) is 5.42. The maximum absolute atomic E-state index is 2.72. The topological polar surface area (TPSA) is 6.48 Å². The number of benzene rings is 4. The molecule has 0 fully saturated rings. The fraction of sp³-hybridized carbons (Fsp3) is 0.346. The molecule has 4 heteroatoms. The number of anilines is 4. The maximum atomic E-state index is 2.72. The number of hydrogen-bond donors (Lipinski definition) is 0. The molecule has 2 atom stereocenters. The minimum absolute atomic E-state index is 0.102. The summed E-state index contributed by atoms with van der Waals surface area (Å²) in [7, 11) is 0. The molecule has 0 spiro atoms. The van der Waals surface area contributed by atoms with Crippen molar-refractivity contribution in [2.45, 2.75) is 112 Å². The lowest BCUT2D eigenvalue weighted by molar-refractivity contribution is 0.332. The lowest BCUT2D eigenvalue weighted by atomic mass is 9.35. The van der Waals surface area contributed by atoms with E-state index in [1.54, 1.807) is 5.56 Å². The lowest BCUT2D eigenvalue weighted by Crippen LogP contribution is -2.61. The molecule has 0 N–H and O–H groups in total. The SMILES string of the molecule is CC1=CC(C)CC(N2c3cc(C)cc4c3B(c3cc5c(cc3N4C3=C(C)CC(c4ccccc4)C=C3)C(C)(C)CCC5(C)C)c3sc4cc(C)c(C)cc4c32)=C1. The average molecular weight is 751 g/mol. The molecule has 0 bridgehead atoms. The van der Waals surface area contributed by atoms with E-state index in [-0.39, 0.29) is 17.5 Å². The molecule has 0 amide bonds. The van der Waals surface area contributed by atoms with Crippen LogP contribution in [0.5, 0.6) is 0 Å². The van der Waals surface area contributed by atoms with Gasteiger partial charge in [-0.1, -0.05) is 88.7 Å². The van der Waals surface area contributed by atoms with E-state index in [4.69, 9.17) is 0 Å². The zero-order chi connectivity index (χ0) is 39.0. The standard InChI is InChI=1S/C52H55BN2S/c1-30-20-31(2)22-38(21-30)54-45-23-32(3)24-46-48(45)53(50-49(54)39-26-33(4)34(5)27-47(39)56-50)42-28-40-41(52(9,10)19-18-51(40,7)8)29-44(42)55(46)43-17-16-37(25-35(43)6)36-14-12-11-13-15-36/h11-17,20-21,23-24,26-29,31,37H,18-19,22,25H2,1-10H3. The van der Waals surface area contributed by atoms with Crippen LogP contribution in [-0.2, 0) is 10.8 Å². The molecule has 0 saturated heterocycles. The van der Waals surface area contributed by atoms with Crippen LogP contribution in [0.15, 0.2) is 114 Å². The van der Waals surface area contributed by atoms with Crippen molar-refractivity contribution in [1.29, 1.82) is 0 Å². The second-order valence-electron chi connectivity index (χ2n) is 19.3. The first-order valence-electron chi connectivity index (χ1n) is 21.0. The van der Waals surface area contributed by atoms with Gasteiger partial charge in [-0.3, -0.25) is 0 Å². The third-order valence-corrected chi connectivity index (χ3v) is 15.3. The summed E-state index contributed by atoms with van der Waals surface area (Å²) in [5.74, 6) is 0.865. The summed E-state index contributed by atoms with van der Waals surface area (Å²) in [6.45, 7) is 24.0. The van der Waals surface area contributed by atoms with Crippen LogP contribution < -0.4 is 25.5 Å². The predicted molar refractivity (Wildman–Crippen MR) is 244 cm³/mol. The molecule has 56 heavy (non-hydrogen) atoms. The fourth-order valence-electron chi connectivity index (χ4n) is 10.9. The Bertz CT molecular complexity index is 2630. The lowest BCUT2D eigenvalue weighted by Gasteiger charge is -2.48. The number of thiophene rings is 1. The van der Waals surface area contributed by atoms with Crippen molar-refractivity contribution in [2.75, 3.05) is 9.80 Å². The van der Waals surface area contributed by atoms with Gasteiger partial charge in [-0.2, -0.15) is 0 Å². The van der Waals surface area contributed by atoms with Crippen LogP contribution in [0, 0.1) is 26.7 Å². The van der Waals surface area contributed by atoms with Gasteiger partial charge in [-0.25, -0.2) is 0 Å². The zero-order valence-electron chi connectivity index (χ0n) is 35.0. The first-order valence-corrected chi connectivity index (χ1v) is 21.8. The number of hydrogen-bond acceptors (Lipinski definition) is 3. The van der Waals surface area contributed by atoms with Crippen molar-refractivity contribution in [2.24, 2.45) is 5.92 Å². The van der Waals surface area contributed by atoms with Crippen LogP contribution in [0.2, 0.25) is 0 Å². The van der Waals surface area contributed by atoms with Crippen molar-refractivity contribution >= 4 is 66.6 Å². The molecule has 1 aromatic heterocycles. The zero-order valence-corrected chi connectivity index (χ0v) is 35.8. The summed E-state index contributed by atoms with van der Waals surface area (Å²) >= 11 is 2.04. The molecule has 3 heterocycles. The van der Waals surface area contributed by atoms with Crippen LogP contribution in [0.1, 0.15) is 113 Å².